The van der Waals surface area contributed by atoms with Gasteiger partial charge in [0.25, 0.3) is 5.56 Å². The van der Waals surface area contributed by atoms with Gasteiger partial charge in [0.2, 0.25) is 0 Å². The van der Waals surface area contributed by atoms with Crippen molar-refractivity contribution in [2.24, 2.45) is 14.1 Å². The van der Waals surface area contributed by atoms with Crippen molar-refractivity contribution in [3.63, 3.8) is 0 Å². The van der Waals surface area contributed by atoms with E-state index in [9.17, 15) is 9.59 Å². The van der Waals surface area contributed by atoms with Gasteiger partial charge in [-0.2, -0.15) is 0 Å². The van der Waals surface area contributed by atoms with Gasteiger partial charge in [0.1, 0.15) is 5.82 Å². The molecule has 0 aliphatic rings. The third-order valence-electron chi connectivity index (χ3n) is 2.90. The third-order valence-corrected chi connectivity index (χ3v) is 2.90. The van der Waals surface area contributed by atoms with Gasteiger partial charge in [-0.05, 0) is 13.8 Å². The Morgan fingerprint density at radius 2 is 1.81 bits per heavy atom. The first-order valence-electron chi connectivity index (χ1n) is 5.11. The molecule has 6 heteroatoms. The van der Waals surface area contributed by atoms with Crippen molar-refractivity contribution in [3.8, 4) is 0 Å². The molecule has 0 aliphatic carbocycles. The number of imidazole rings is 1. The lowest BCUT2D eigenvalue weighted by Crippen LogP contribution is -2.38. The molecule has 6 nitrogen and oxygen atoms in total. The summed E-state index contributed by atoms with van der Waals surface area (Å²) in [6, 6.07) is 0. The van der Waals surface area contributed by atoms with E-state index in [0.717, 1.165) is 10.4 Å². The van der Waals surface area contributed by atoms with Gasteiger partial charge in [-0.25, -0.2) is 9.78 Å². The Labute approximate surface area is 91.8 Å². The highest BCUT2D eigenvalue weighted by Crippen LogP contribution is 2.08. The second-order valence-corrected chi connectivity index (χ2v) is 3.78. The van der Waals surface area contributed by atoms with E-state index in [2.05, 4.69) is 4.98 Å². The van der Waals surface area contributed by atoms with Crippen LogP contribution in [0, 0.1) is 6.92 Å². The molecule has 0 aromatic carbocycles. The minimum Gasteiger partial charge on any atom is -0.325 e. The lowest BCUT2D eigenvalue weighted by atomic mass is 10.5. The third kappa shape index (κ3) is 1.16. The number of nitrogens with zero attached hydrogens (tertiary/aromatic N) is 4. The number of rotatable bonds is 1. The summed E-state index contributed by atoms with van der Waals surface area (Å²) in [5, 5.41) is 0. The Hall–Kier alpha value is -1.85. The van der Waals surface area contributed by atoms with Crippen molar-refractivity contribution in [3.05, 3.63) is 26.7 Å². The molecule has 2 aromatic heterocycles. The van der Waals surface area contributed by atoms with Crippen LogP contribution in [0.5, 0.6) is 0 Å². The van der Waals surface area contributed by atoms with E-state index in [1.54, 1.807) is 11.6 Å². The summed E-state index contributed by atoms with van der Waals surface area (Å²) in [5.74, 6) is 0.722. The van der Waals surface area contributed by atoms with Gasteiger partial charge in [0.05, 0.1) is 0 Å². The quantitative estimate of drug-likeness (QED) is 0.669. The maximum Gasteiger partial charge on any atom is 0.332 e. The highest BCUT2D eigenvalue weighted by molar-refractivity contribution is 5.70. The minimum absolute atomic E-state index is 0.298. The Bertz CT molecular complexity index is 675. The van der Waals surface area contributed by atoms with Gasteiger partial charge >= 0.3 is 5.69 Å². The molecule has 0 atom stereocenters. The summed E-state index contributed by atoms with van der Waals surface area (Å²) >= 11 is 0. The number of hydrogen-bond acceptors (Lipinski definition) is 3. The summed E-state index contributed by atoms with van der Waals surface area (Å²) in [7, 11) is 3.26. The van der Waals surface area contributed by atoms with E-state index in [1.165, 1.54) is 11.6 Å². The van der Waals surface area contributed by atoms with Crippen molar-refractivity contribution < 1.29 is 0 Å². The first-order valence-corrected chi connectivity index (χ1v) is 5.11. The molecule has 16 heavy (non-hydrogen) atoms. The van der Waals surface area contributed by atoms with E-state index in [4.69, 9.17) is 0 Å². The topological polar surface area (TPSA) is 61.8 Å². The fourth-order valence-corrected chi connectivity index (χ4v) is 1.82. The number of aromatic nitrogens is 4. The first-order chi connectivity index (χ1) is 7.49. The zero-order valence-electron chi connectivity index (χ0n) is 9.81. The number of fused-ring (bicyclic) bond motifs is 1. The van der Waals surface area contributed by atoms with Gasteiger partial charge in [-0.3, -0.25) is 13.9 Å². The maximum absolute atomic E-state index is 11.9. The highest BCUT2D eigenvalue weighted by Gasteiger charge is 2.15. The van der Waals surface area contributed by atoms with Crippen molar-refractivity contribution >= 4 is 11.2 Å². The van der Waals surface area contributed by atoms with Crippen LogP contribution >= 0.6 is 0 Å². The van der Waals surface area contributed by atoms with Crippen molar-refractivity contribution in [1.82, 2.24) is 18.7 Å². The molecule has 86 valence electrons. The Morgan fingerprint density at radius 1 is 1.19 bits per heavy atom. The molecule has 0 saturated carbocycles. The predicted molar refractivity (Wildman–Crippen MR) is 60.6 cm³/mol. The summed E-state index contributed by atoms with van der Waals surface area (Å²) in [5.41, 5.74) is 0.322. The molecule has 0 spiro atoms. The SMILES string of the molecule is CCn1c(=O)n(C)c(=O)c2c1nc(C)n2C. The molecule has 2 aromatic rings. The maximum atomic E-state index is 11.9. The Kier molecular flexibility index (Phi) is 2.22. The average molecular weight is 222 g/mol. The summed E-state index contributed by atoms with van der Waals surface area (Å²) in [6.07, 6.45) is 0. The minimum atomic E-state index is -0.321. The average Bonchev–Trinajstić information content (AvgIpc) is 2.53. The lowest BCUT2D eigenvalue weighted by Gasteiger charge is -2.05. The fraction of sp³-hybridized carbons (Fsp3) is 0.500. The molecule has 0 fully saturated rings. The van der Waals surface area contributed by atoms with E-state index in [1.807, 2.05) is 13.8 Å². The molecule has 2 heterocycles. The molecule has 0 radical (unpaired) electrons. The molecule has 0 aliphatic heterocycles. The molecule has 2 rings (SSSR count). The normalized spacial score (nSPS) is 11.2. The lowest BCUT2D eigenvalue weighted by molar-refractivity contribution is 0.651. The van der Waals surface area contributed by atoms with Crippen LogP contribution in [0.2, 0.25) is 0 Å². The molecule has 0 N–H and O–H groups in total. The van der Waals surface area contributed by atoms with Crippen LogP contribution in [0.1, 0.15) is 12.7 Å². The van der Waals surface area contributed by atoms with Crippen LogP contribution in [0.4, 0.5) is 0 Å². The fourth-order valence-electron chi connectivity index (χ4n) is 1.82. The smallest absolute Gasteiger partial charge is 0.325 e. The Morgan fingerprint density at radius 3 is 2.38 bits per heavy atom. The zero-order chi connectivity index (χ0) is 12.0. The standard InChI is InChI=1S/C10H14N4O2/c1-5-14-8-7(12(3)6(2)11-8)9(15)13(4)10(14)16/h5H2,1-4H3. The van der Waals surface area contributed by atoms with Crippen LogP contribution in [0.15, 0.2) is 9.59 Å². The van der Waals surface area contributed by atoms with Crippen LogP contribution in [-0.4, -0.2) is 18.7 Å². The van der Waals surface area contributed by atoms with Crippen LogP contribution in [0.25, 0.3) is 11.2 Å². The van der Waals surface area contributed by atoms with Crippen LogP contribution in [0.3, 0.4) is 0 Å². The van der Waals surface area contributed by atoms with Crippen molar-refractivity contribution in [2.45, 2.75) is 20.4 Å². The molecular weight excluding hydrogens is 208 g/mol. The number of hydrogen-bond donors (Lipinski definition) is 0. The van der Waals surface area contributed by atoms with E-state index < -0.39 is 0 Å². The van der Waals surface area contributed by atoms with Gasteiger partial charge in [0, 0.05) is 20.6 Å². The van der Waals surface area contributed by atoms with Crippen LogP contribution in [-0.2, 0) is 20.6 Å². The number of aryl methyl sites for hydroxylation is 3. The zero-order valence-corrected chi connectivity index (χ0v) is 9.81. The van der Waals surface area contributed by atoms with Gasteiger partial charge in [-0.1, -0.05) is 0 Å². The van der Waals surface area contributed by atoms with Crippen molar-refractivity contribution in [1.29, 1.82) is 0 Å². The first kappa shape index (κ1) is 10.7. The molecule has 0 unspecified atom stereocenters. The second kappa shape index (κ2) is 3.33. The van der Waals surface area contributed by atoms with Crippen LogP contribution < -0.4 is 11.2 Å². The monoisotopic (exact) mass is 222 g/mol. The second-order valence-electron chi connectivity index (χ2n) is 3.78. The van der Waals surface area contributed by atoms with Gasteiger partial charge < -0.3 is 4.57 Å². The van der Waals surface area contributed by atoms with E-state index in [-0.39, 0.29) is 11.2 Å². The summed E-state index contributed by atoms with van der Waals surface area (Å²) in [6.45, 7) is 4.17. The molecule has 0 bridgehead atoms. The summed E-state index contributed by atoms with van der Waals surface area (Å²) in [4.78, 5) is 28.0. The van der Waals surface area contributed by atoms with Gasteiger partial charge in [-0.15, -0.1) is 0 Å². The van der Waals surface area contributed by atoms with Crippen molar-refractivity contribution in [2.75, 3.05) is 0 Å². The molecule has 0 amide bonds. The molecule has 0 saturated heterocycles. The highest BCUT2D eigenvalue weighted by atomic mass is 16.2. The largest absolute Gasteiger partial charge is 0.332 e. The van der Waals surface area contributed by atoms with E-state index >= 15 is 0 Å². The van der Waals surface area contributed by atoms with Gasteiger partial charge in [0.15, 0.2) is 11.2 Å². The Balaban J connectivity index is 3.17. The molecular formula is C10H14N4O2. The predicted octanol–water partition coefficient (Wildman–Crippen LogP) is -0.238. The summed E-state index contributed by atoms with van der Waals surface area (Å²) < 4.78 is 4.33. The van der Waals surface area contributed by atoms with E-state index in [0.29, 0.717) is 17.7 Å².